The van der Waals surface area contributed by atoms with Crippen LogP contribution in [0.1, 0.15) is 5.56 Å². The predicted molar refractivity (Wildman–Crippen MR) is 59.6 cm³/mol. The number of hydrogen-bond acceptors (Lipinski definition) is 3. The molecule has 0 aliphatic heterocycles. The normalized spacial score (nSPS) is 12.2. The lowest BCUT2D eigenvalue weighted by Crippen LogP contribution is -2.36. The Balaban J connectivity index is 2.80. The number of nitrogens with two attached hydrogens (primary N) is 1. The molecule has 0 radical (unpaired) electrons. The van der Waals surface area contributed by atoms with Gasteiger partial charge in [-0.2, -0.15) is 0 Å². The summed E-state index contributed by atoms with van der Waals surface area (Å²) < 4.78 is 17.8. The molecular formula is C11H15FN2O2. The number of ether oxygens (including phenoxy) is 1. The van der Waals surface area contributed by atoms with Crippen molar-refractivity contribution in [1.82, 2.24) is 0 Å². The first kappa shape index (κ1) is 12.6. The van der Waals surface area contributed by atoms with Crippen LogP contribution < -0.4 is 11.1 Å². The van der Waals surface area contributed by atoms with Gasteiger partial charge in [-0.15, -0.1) is 0 Å². The summed E-state index contributed by atoms with van der Waals surface area (Å²) >= 11 is 0. The molecule has 0 aliphatic rings. The van der Waals surface area contributed by atoms with Gasteiger partial charge in [0.2, 0.25) is 0 Å². The zero-order valence-electron chi connectivity index (χ0n) is 9.29. The highest BCUT2D eigenvalue weighted by atomic mass is 19.1. The first-order valence-corrected chi connectivity index (χ1v) is 4.88. The Morgan fingerprint density at radius 2 is 2.31 bits per heavy atom. The Kier molecular flexibility index (Phi) is 4.39. The lowest BCUT2D eigenvalue weighted by atomic mass is 10.2. The molecule has 3 N–H and O–H groups in total. The number of methoxy groups -OCH3 is 1. The number of aryl methyl sites for hydroxylation is 1. The Hall–Kier alpha value is -1.46. The molecule has 1 rings (SSSR count). The summed E-state index contributed by atoms with van der Waals surface area (Å²) in [5, 5.41) is 2.57. The molecule has 16 heavy (non-hydrogen) atoms. The molecular weight excluding hydrogens is 211 g/mol. The molecule has 0 saturated heterocycles. The number of benzene rings is 1. The minimum atomic E-state index is -0.720. The van der Waals surface area contributed by atoms with Gasteiger partial charge in [0.15, 0.2) is 0 Å². The van der Waals surface area contributed by atoms with E-state index in [0.717, 1.165) is 5.56 Å². The van der Waals surface area contributed by atoms with Crippen LogP contribution in [-0.4, -0.2) is 25.7 Å². The molecule has 1 aromatic carbocycles. The van der Waals surface area contributed by atoms with E-state index in [9.17, 15) is 9.18 Å². The van der Waals surface area contributed by atoms with E-state index in [1.165, 1.54) is 19.2 Å². The van der Waals surface area contributed by atoms with Gasteiger partial charge < -0.3 is 15.8 Å². The first-order valence-electron chi connectivity index (χ1n) is 4.88. The first-order chi connectivity index (χ1) is 7.58. The highest BCUT2D eigenvalue weighted by Gasteiger charge is 2.16. The SMILES string of the molecule is COC(CN)C(=O)Nc1cc(F)ccc1C. The maximum absolute atomic E-state index is 13.0. The van der Waals surface area contributed by atoms with Crippen LogP contribution in [0.5, 0.6) is 0 Å². The van der Waals surface area contributed by atoms with E-state index in [1.807, 2.05) is 0 Å². The number of carbonyl (C=O) groups is 1. The van der Waals surface area contributed by atoms with Crippen molar-refractivity contribution in [1.29, 1.82) is 0 Å². The van der Waals surface area contributed by atoms with Crippen molar-refractivity contribution in [3.63, 3.8) is 0 Å². The van der Waals surface area contributed by atoms with Crippen molar-refractivity contribution in [2.24, 2.45) is 5.73 Å². The van der Waals surface area contributed by atoms with Crippen molar-refractivity contribution in [2.45, 2.75) is 13.0 Å². The van der Waals surface area contributed by atoms with Gasteiger partial charge in [0.05, 0.1) is 0 Å². The Morgan fingerprint density at radius 3 is 2.88 bits per heavy atom. The molecule has 1 unspecified atom stereocenters. The van der Waals surface area contributed by atoms with E-state index in [-0.39, 0.29) is 12.5 Å². The van der Waals surface area contributed by atoms with Crippen molar-refractivity contribution in [3.05, 3.63) is 29.6 Å². The van der Waals surface area contributed by atoms with Crippen molar-refractivity contribution in [2.75, 3.05) is 19.0 Å². The van der Waals surface area contributed by atoms with Crippen LogP contribution in [0.4, 0.5) is 10.1 Å². The lowest BCUT2D eigenvalue weighted by molar-refractivity contribution is -0.125. The zero-order valence-corrected chi connectivity index (χ0v) is 9.29. The number of rotatable bonds is 4. The molecule has 1 amide bonds. The molecule has 0 bridgehead atoms. The summed E-state index contributed by atoms with van der Waals surface area (Å²) in [7, 11) is 1.40. The van der Waals surface area contributed by atoms with E-state index in [4.69, 9.17) is 10.5 Å². The minimum Gasteiger partial charge on any atom is -0.370 e. The molecule has 0 heterocycles. The molecule has 5 heteroatoms. The largest absolute Gasteiger partial charge is 0.370 e. The second-order valence-corrected chi connectivity index (χ2v) is 3.41. The quantitative estimate of drug-likeness (QED) is 0.806. The molecule has 0 aromatic heterocycles. The van der Waals surface area contributed by atoms with E-state index in [1.54, 1.807) is 13.0 Å². The predicted octanol–water partition coefficient (Wildman–Crippen LogP) is 1.05. The van der Waals surface area contributed by atoms with Crippen LogP contribution in [-0.2, 0) is 9.53 Å². The van der Waals surface area contributed by atoms with Crippen LogP contribution >= 0.6 is 0 Å². The second-order valence-electron chi connectivity index (χ2n) is 3.41. The Morgan fingerprint density at radius 1 is 1.62 bits per heavy atom. The number of nitrogens with one attached hydrogen (secondary N) is 1. The van der Waals surface area contributed by atoms with Gasteiger partial charge in [0.25, 0.3) is 5.91 Å². The summed E-state index contributed by atoms with van der Waals surface area (Å²) in [5.74, 6) is -0.777. The van der Waals surface area contributed by atoms with E-state index in [2.05, 4.69) is 5.32 Å². The molecule has 1 aromatic rings. The number of hydrogen-bond donors (Lipinski definition) is 2. The maximum Gasteiger partial charge on any atom is 0.254 e. The lowest BCUT2D eigenvalue weighted by Gasteiger charge is -2.14. The van der Waals surface area contributed by atoms with Crippen molar-refractivity contribution in [3.8, 4) is 0 Å². The van der Waals surface area contributed by atoms with Gasteiger partial charge in [-0.1, -0.05) is 6.07 Å². The van der Waals surface area contributed by atoms with Gasteiger partial charge >= 0.3 is 0 Å². The van der Waals surface area contributed by atoms with Gasteiger partial charge in [-0.25, -0.2) is 4.39 Å². The zero-order chi connectivity index (χ0) is 12.1. The molecule has 4 nitrogen and oxygen atoms in total. The number of anilines is 1. The highest BCUT2D eigenvalue weighted by molar-refractivity contribution is 5.94. The van der Waals surface area contributed by atoms with Gasteiger partial charge in [0.1, 0.15) is 11.9 Å². The van der Waals surface area contributed by atoms with Gasteiger partial charge in [0, 0.05) is 19.3 Å². The van der Waals surface area contributed by atoms with Gasteiger partial charge in [-0.3, -0.25) is 4.79 Å². The van der Waals surface area contributed by atoms with E-state index < -0.39 is 11.9 Å². The van der Waals surface area contributed by atoms with Crippen LogP contribution in [0, 0.1) is 12.7 Å². The molecule has 0 spiro atoms. The third kappa shape index (κ3) is 3.01. The molecule has 0 aliphatic carbocycles. The Bertz CT molecular complexity index is 378. The van der Waals surface area contributed by atoms with Crippen LogP contribution in [0.15, 0.2) is 18.2 Å². The van der Waals surface area contributed by atoms with E-state index in [0.29, 0.717) is 5.69 Å². The number of carbonyl (C=O) groups excluding carboxylic acids is 1. The topological polar surface area (TPSA) is 64.3 Å². The average molecular weight is 226 g/mol. The van der Waals surface area contributed by atoms with Crippen LogP contribution in [0.25, 0.3) is 0 Å². The van der Waals surface area contributed by atoms with Crippen molar-refractivity contribution < 1.29 is 13.9 Å². The number of amides is 1. The molecule has 88 valence electrons. The molecule has 1 atom stereocenters. The summed E-state index contributed by atoms with van der Waals surface area (Å²) in [5.41, 5.74) is 6.56. The Labute approximate surface area is 93.6 Å². The minimum absolute atomic E-state index is 0.0801. The fourth-order valence-electron chi connectivity index (χ4n) is 1.25. The fourth-order valence-corrected chi connectivity index (χ4v) is 1.25. The monoisotopic (exact) mass is 226 g/mol. The third-order valence-electron chi connectivity index (χ3n) is 2.25. The third-order valence-corrected chi connectivity index (χ3v) is 2.25. The maximum atomic E-state index is 13.0. The summed E-state index contributed by atoms with van der Waals surface area (Å²) in [6.07, 6.45) is -0.720. The highest BCUT2D eigenvalue weighted by Crippen LogP contribution is 2.16. The fraction of sp³-hybridized carbons (Fsp3) is 0.364. The standard InChI is InChI=1S/C11H15FN2O2/c1-7-3-4-8(12)5-9(7)14-11(15)10(6-13)16-2/h3-5,10H,6,13H2,1-2H3,(H,14,15). The summed E-state index contributed by atoms with van der Waals surface area (Å²) in [4.78, 5) is 11.6. The van der Waals surface area contributed by atoms with Crippen molar-refractivity contribution >= 4 is 11.6 Å². The summed E-state index contributed by atoms with van der Waals surface area (Å²) in [6, 6.07) is 4.19. The number of halogens is 1. The van der Waals surface area contributed by atoms with Crippen LogP contribution in [0.3, 0.4) is 0 Å². The summed E-state index contributed by atoms with van der Waals surface area (Å²) in [6.45, 7) is 1.86. The molecule has 0 saturated carbocycles. The second kappa shape index (κ2) is 5.58. The van der Waals surface area contributed by atoms with Gasteiger partial charge in [-0.05, 0) is 24.6 Å². The smallest absolute Gasteiger partial charge is 0.254 e. The molecule has 0 fully saturated rings. The van der Waals surface area contributed by atoms with E-state index >= 15 is 0 Å². The van der Waals surface area contributed by atoms with Crippen LogP contribution in [0.2, 0.25) is 0 Å². The average Bonchev–Trinajstić information content (AvgIpc) is 2.25.